The van der Waals surface area contributed by atoms with Gasteiger partial charge in [0.15, 0.2) is 17.2 Å². The van der Waals surface area contributed by atoms with E-state index in [4.69, 9.17) is 21.1 Å². The topological polar surface area (TPSA) is 126 Å². The van der Waals surface area contributed by atoms with Gasteiger partial charge in [0, 0.05) is 17.0 Å². The number of aromatic nitrogens is 6. The number of pyridine rings is 2. The van der Waals surface area contributed by atoms with Crippen molar-refractivity contribution in [1.29, 1.82) is 0 Å². The van der Waals surface area contributed by atoms with Crippen LogP contribution in [0.5, 0.6) is 5.88 Å². The van der Waals surface area contributed by atoms with Gasteiger partial charge in [-0.05, 0) is 30.3 Å². The van der Waals surface area contributed by atoms with Crippen LogP contribution in [0.2, 0.25) is 5.02 Å². The molecule has 0 bridgehead atoms. The van der Waals surface area contributed by atoms with E-state index in [1.165, 1.54) is 56.9 Å². The van der Waals surface area contributed by atoms with E-state index in [9.17, 15) is 22.8 Å². The summed E-state index contributed by atoms with van der Waals surface area (Å²) in [5.74, 6) is -1.53. The number of amides is 1. The molecule has 1 amide bonds. The van der Waals surface area contributed by atoms with Crippen molar-refractivity contribution in [1.82, 2.24) is 29.5 Å². The number of ether oxygens (including phenoxy) is 2. The highest BCUT2D eigenvalue weighted by Crippen LogP contribution is 2.36. The molecule has 40 heavy (non-hydrogen) atoms. The van der Waals surface area contributed by atoms with Crippen LogP contribution in [0.3, 0.4) is 0 Å². The SMILES string of the molecule is COC(=O)c1ccnn1-c1ncc(NC(=O)c2cnn(-c3cccc4c(OC)nccc34)c2C(F)(F)F)cc1Cl. The summed E-state index contributed by atoms with van der Waals surface area (Å²) in [6.45, 7) is 0. The number of hydrogen-bond acceptors (Lipinski definition) is 8. The van der Waals surface area contributed by atoms with Crippen LogP contribution in [0.25, 0.3) is 22.3 Å². The molecule has 0 aliphatic rings. The maximum atomic E-state index is 14.3. The van der Waals surface area contributed by atoms with Crippen molar-refractivity contribution in [2.24, 2.45) is 0 Å². The van der Waals surface area contributed by atoms with Gasteiger partial charge in [0.25, 0.3) is 5.91 Å². The van der Waals surface area contributed by atoms with Crippen molar-refractivity contribution in [3.05, 3.63) is 83.2 Å². The third kappa shape index (κ3) is 4.68. The number of nitrogens with one attached hydrogen (secondary N) is 1. The summed E-state index contributed by atoms with van der Waals surface area (Å²) in [5.41, 5.74) is -1.92. The lowest BCUT2D eigenvalue weighted by atomic mass is 10.1. The lowest BCUT2D eigenvalue weighted by Crippen LogP contribution is -2.21. The van der Waals surface area contributed by atoms with Crippen LogP contribution in [-0.2, 0) is 10.9 Å². The van der Waals surface area contributed by atoms with Crippen LogP contribution in [0.15, 0.2) is 61.2 Å². The number of rotatable bonds is 6. The van der Waals surface area contributed by atoms with E-state index in [2.05, 4.69) is 25.5 Å². The molecule has 5 aromatic rings. The van der Waals surface area contributed by atoms with Crippen molar-refractivity contribution in [3.63, 3.8) is 0 Å². The molecule has 0 radical (unpaired) electrons. The molecule has 0 saturated heterocycles. The van der Waals surface area contributed by atoms with E-state index in [1.807, 2.05) is 0 Å². The second-order valence-corrected chi connectivity index (χ2v) is 8.52. The molecule has 5 rings (SSSR count). The zero-order valence-electron chi connectivity index (χ0n) is 20.6. The Morgan fingerprint density at radius 2 is 1.77 bits per heavy atom. The van der Waals surface area contributed by atoms with Crippen LogP contribution in [-0.4, -0.2) is 55.6 Å². The van der Waals surface area contributed by atoms with E-state index in [0.29, 0.717) is 15.5 Å². The van der Waals surface area contributed by atoms with Crippen LogP contribution in [0, 0.1) is 0 Å². The Kier molecular flexibility index (Phi) is 6.85. The fraction of sp³-hybridized carbons (Fsp3) is 0.120. The number of esters is 1. The first-order chi connectivity index (χ1) is 19.1. The molecule has 0 aliphatic carbocycles. The van der Waals surface area contributed by atoms with Gasteiger partial charge in [0.05, 0.1) is 54.8 Å². The summed E-state index contributed by atoms with van der Waals surface area (Å²) < 4.78 is 54.6. The Bertz CT molecular complexity index is 1770. The van der Waals surface area contributed by atoms with Gasteiger partial charge in [0.2, 0.25) is 5.88 Å². The number of alkyl halides is 3. The number of carbonyl (C=O) groups excluding carboxylic acids is 2. The normalized spacial score (nSPS) is 11.4. The molecular weight excluding hydrogens is 555 g/mol. The van der Waals surface area contributed by atoms with E-state index in [1.54, 1.807) is 6.07 Å². The third-order valence-electron chi connectivity index (χ3n) is 5.77. The number of halogens is 4. The quantitative estimate of drug-likeness (QED) is 0.290. The van der Waals surface area contributed by atoms with Crippen LogP contribution in [0.1, 0.15) is 26.5 Å². The van der Waals surface area contributed by atoms with Gasteiger partial charge in [-0.25, -0.2) is 24.1 Å². The van der Waals surface area contributed by atoms with Crippen molar-refractivity contribution >= 4 is 39.9 Å². The number of methoxy groups -OCH3 is 2. The smallest absolute Gasteiger partial charge is 0.434 e. The first-order valence-electron chi connectivity index (χ1n) is 11.3. The Balaban J connectivity index is 1.51. The Morgan fingerprint density at radius 1 is 0.975 bits per heavy atom. The van der Waals surface area contributed by atoms with E-state index < -0.39 is 29.3 Å². The van der Waals surface area contributed by atoms with Gasteiger partial charge in [-0.3, -0.25) is 4.79 Å². The molecule has 0 fully saturated rings. The molecule has 1 aromatic carbocycles. The predicted molar refractivity (Wildman–Crippen MR) is 136 cm³/mol. The molecule has 0 atom stereocenters. The Labute approximate surface area is 228 Å². The Morgan fingerprint density at radius 3 is 2.48 bits per heavy atom. The minimum absolute atomic E-state index is 0.00706. The second kappa shape index (κ2) is 10.3. The number of anilines is 1. The number of benzene rings is 1. The van der Waals surface area contributed by atoms with Crippen LogP contribution in [0.4, 0.5) is 18.9 Å². The first kappa shape index (κ1) is 26.6. The Hall–Kier alpha value is -4.98. The highest BCUT2D eigenvalue weighted by Gasteiger charge is 2.41. The van der Waals surface area contributed by atoms with Gasteiger partial charge in [-0.1, -0.05) is 17.7 Å². The van der Waals surface area contributed by atoms with Gasteiger partial charge in [-0.15, -0.1) is 0 Å². The average molecular weight is 572 g/mol. The standard InChI is InChI=1S/C25H17ClF3N7O4/c1-39-23-15-4-3-5-18(14(15)6-8-30-23)35-20(25(27,28)29)16(12-33-35)22(37)34-13-10-17(26)21(31-11-13)36-19(7-9-32-36)24(38)40-2/h3-12H,1-2H3,(H,34,37). The highest BCUT2D eigenvalue weighted by atomic mass is 35.5. The lowest BCUT2D eigenvalue weighted by Gasteiger charge is -2.15. The monoisotopic (exact) mass is 571 g/mol. The van der Waals surface area contributed by atoms with Crippen molar-refractivity contribution < 1.29 is 32.2 Å². The molecule has 204 valence electrons. The maximum absolute atomic E-state index is 14.3. The minimum Gasteiger partial charge on any atom is -0.481 e. The number of carbonyl (C=O) groups is 2. The van der Waals surface area contributed by atoms with Crippen molar-refractivity contribution in [2.75, 3.05) is 19.5 Å². The molecule has 0 spiro atoms. The summed E-state index contributed by atoms with van der Waals surface area (Å²) in [6, 6.07) is 8.78. The van der Waals surface area contributed by atoms with Crippen LogP contribution < -0.4 is 10.1 Å². The fourth-order valence-corrected chi connectivity index (χ4v) is 4.31. The highest BCUT2D eigenvalue weighted by molar-refractivity contribution is 6.32. The van der Waals surface area contributed by atoms with Gasteiger partial charge < -0.3 is 14.8 Å². The molecular formula is C25H17ClF3N7O4. The lowest BCUT2D eigenvalue weighted by molar-refractivity contribution is -0.143. The van der Waals surface area contributed by atoms with Gasteiger partial charge in [-0.2, -0.15) is 23.4 Å². The molecule has 1 N–H and O–H groups in total. The summed E-state index contributed by atoms with van der Waals surface area (Å²) >= 11 is 6.30. The largest absolute Gasteiger partial charge is 0.481 e. The first-order valence-corrected chi connectivity index (χ1v) is 11.7. The van der Waals surface area contributed by atoms with E-state index in [0.717, 1.165) is 17.1 Å². The third-order valence-corrected chi connectivity index (χ3v) is 6.05. The van der Waals surface area contributed by atoms with Crippen LogP contribution >= 0.6 is 11.6 Å². The van der Waals surface area contributed by atoms with Crippen molar-refractivity contribution in [3.8, 4) is 17.4 Å². The molecule has 15 heteroatoms. The molecule has 0 saturated carbocycles. The average Bonchev–Trinajstić information content (AvgIpc) is 3.60. The summed E-state index contributed by atoms with van der Waals surface area (Å²) in [7, 11) is 2.59. The van der Waals surface area contributed by atoms with E-state index in [-0.39, 0.29) is 33.8 Å². The number of hydrogen-bond donors (Lipinski definition) is 1. The number of fused-ring (bicyclic) bond motifs is 1. The molecule has 0 unspecified atom stereocenters. The molecule has 4 heterocycles. The molecule has 4 aromatic heterocycles. The summed E-state index contributed by atoms with van der Waals surface area (Å²) in [5, 5.41) is 11.1. The molecule has 11 nitrogen and oxygen atoms in total. The zero-order valence-corrected chi connectivity index (χ0v) is 21.4. The maximum Gasteiger partial charge on any atom is 0.434 e. The minimum atomic E-state index is -4.95. The molecule has 0 aliphatic heterocycles. The van der Waals surface area contributed by atoms with Gasteiger partial charge in [0.1, 0.15) is 0 Å². The summed E-state index contributed by atoms with van der Waals surface area (Å²) in [4.78, 5) is 33.2. The summed E-state index contributed by atoms with van der Waals surface area (Å²) in [6.07, 6.45) is -0.243. The fourth-order valence-electron chi connectivity index (χ4n) is 4.07. The van der Waals surface area contributed by atoms with Crippen molar-refractivity contribution in [2.45, 2.75) is 6.18 Å². The predicted octanol–water partition coefficient (Wildman–Crippen LogP) is 4.72. The zero-order chi connectivity index (χ0) is 28.6. The van der Waals surface area contributed by atoms with E-state index >= 15 is 0 Å². The second-order valence-electron chi connectivity index (χ2n) is 8.11. The number of nitrogens with zero attached hydrogens (tertiary/aromatic N) is 6. The van der Waals surface area contributed by atoms with Gasteiger partial charge >= 0.3 is 12.1 Å².